The lowest BCUT2D eigenvalue weighted by Crippen LogP contribution is -2.25. The minimum Gasteiger partial charge on any atom is -0.374 e. The summed E-state index contributed by atoms with van der Waals surface area (Å²) >= 11 is 2.32. The quantitative estimate of drug-likeness (QED) is 0.808. The van der Waals surface area contributed by atoms with Crippen molar-refractivity contribution >= 4 is 37.8 Å². The molecule has 0 aromatic carbocycles. The molecule has 2 aromatic rings. The highest BCUT2D eigenvalue weighted by Crippen LogP contribution is 2.16. The highest BCUT2D eigenvalue weighted by Gasteiger charge is 2.18. The smallest absolute Gasteiger partial charge is 0.269 e. The van der Waals surface area contributed by atoms with Crippen LogP contribution < -0.4 is 10.5 Å². The van der Waals surface area contributed by atoms with Gasteiger partial charge in [0, 0.05) is 24.5 Å². The van der Waals surface area contributed by atoms with Gasteiger partial charge in [0.2, 0.25) is 9.47 Å². The second kappa shape index (κ2) is 5.04. The topological polar surface area (TPSA) is 111 Å². The number of nitrogens with two attached hydrogens (primary N) is 1. The molecule has 0 amide bonds. The zero-order valence-corrected chi connectivity index (χ0v) is 11.0. The van der Waals surface area contributed by atoms with Crippen LogP contribution >= 0.6 is 22.7 Å². The lowest BCUT2D eigenvalue weighted by Gasteiger charge is -2.01. The molecule has 0 spiro atoms. The minimum atomic E-state index is -3.60. The molecule has 2 heterocycles. The lowest BCUT2D eigenvalue weighted by molar-refractivity contribution is 0.579. The standard InChI is InChI=1S/C7H9N5O2S3/c8-6-11-12-7(16-6)17(13,14)10-2-1-5-9-3-4-15-5/h3-4,10H,1-2H2,(H2,8,11). The summed E-state index contributed by atoms with van der Waals surface area (Å²) in [6, 6.07) is 0. The minimum absolute atomic E-state index is 0.117. The predicted molar refractivity (Wildman–Crippen MR) is 65.3 cm³/mol. The molecule has 2 aromatic heterocycles. The van der Waals surface area contributed by atoms with Gasteiger partial charge in [-0.15, -0.1) is 21.5 Å². The molecule has 0 aliphatic carbocycles. The zero-order chi connectivity index (χ0) is 12.3. The van der Waals surface area contributed by atoms with E-state index in [0.717, 1.165) is 16.3 Å². The average Bonchev–Trinajstić information content (AvgIpc) is 2.89. The summed E-state index contributed by atoms with van der Waals surface area (Å²) in [4.78, 5) is 4.05. The Kier molecular flexibility index (Phi) is 3.66. The molecular formula is C7H9N5O2S3. The number of rotatable bonds is 5. The van der Waals surface area contributed by atoms with Gasteiger partial charge in [0.15, 0.2) is 0 Å². The number of hydrogen-bond donors (Lipinski definition) is 2. The number of anilines is 1. The van der Waals surface area contributed by atoms with Gasteiger partial charge in [-0.2, -0.15) is 0 Å². The van der Waals surface area contributed by atoms with E-state index in [-0.39, 0.29) is 16.0 Å². The molecule has 0 unspecified atom stereocenters. The molecule has 92 valence electrons. The van der Waals surface area contributed by atoms with Crippen molar-refractivity contribution in [2.75, 3.05) is 12.3 Å². The van der Waals surface area contributed by atoms with Crippen LogP contribution in [0.3, 0.4) is 0 Å². The normalized spacial score (nSPS) is 11.8. The first-order valence-corrected chi connectivity index (χ1v) is 7.73. The SMILES string of the molecule is Nc1nnc(S(=O)(=O)NCCc2nccs2)s1. The van der Waals surface area contributed by atoms with Crippen molar-refractivity contribution in [2.24, 2.45) is 0 Å². The molecule has 17 heavy (non-hydrogen) atoms. The van der Waals surface area contributed by atoms with Gasteiger partial charge in [-0.25, -0.2) is 18.1 Å². The Morgan fingerprint density at radius 1 is 1.41 bits per heavy atom. The largest absolute Gasteiger partial charge is 0.374 e. The molecule has 0 bridgehead atoms. The van der Waals surface area contributed by atoms with Crippen LogP contribution in [0, 0.1) is 0 Å². The van der Waals surface area contributed by atoms with Crippen molar-refractivity contribution in [3.8, 4) is 0 Å². The number of thiazole rings is 1. The summed E-state index contributed by atoms with van der Waals surface area (Å²) in [5.74, 6) is 0. The number of nitrogens with one attached hydrogen (secondary N) is 1. The Balaban J connectivity index is 1.94. The fraction of sp³-hybridized carbons (Fsp3) is 0.286. The number of hydrogen-bond acceptors (Lipinski definition) is 8. The van der Waals surface area contributed by atoms with Crippen LogP contribution in [0.5, 0.6) is 0 Å². The molecule has 0 fully saturated rings. The molecule has 0 atom stereocenters. The van der Waals surface area contributed by atoms with Gasteiger partial charge in [-0.1, -0.05) is 11.3 Å². The summed E-state index contributed by atoms with van der Waals surface area (Å²) in [6.45, 7) is 0.273. The van der Waals surface area contributed by atoms with Gasteiger partial charge < -0.3 is 5.73 Å². The zero-order valence-electron chi connectivity index (χ0n) is 8.53. The Labute approximate surface area is 106 Å². The van der Waals surface area contributed by atoms with E-state index in [1.807, 2.05) is 5.38 Å². The van der Waals surface area contributed by atoms with E-state index in [9.17, 15) is 8.42 Å². The molecule has 3 N–H and O–H groups in total. The number of nitrogens with zero attached hydrogens (tertiary/aromatic N) is 3. The van der Waals surface area contributed by atoms with E-state index in [1.54, 1.807) is 6.20 Å². The van der Waals surface area contributed by atoms with Crippen LogP contribution in [0.4, 0.5) is 5.13 Å². The number of sulfonamides is 1. The number of aromatic nitrogens is 3. The Hall–Kier alpha value is -1.10. The maximum Gasteiger partial charge on any atom is 0.269 e. The maximum atomic E-state index is 11.7. The second-order valence-corrected chi connectivity index (χ2v) is 6.91. The van der Waals surface area contributed by atoms with Crippen LogP contribution in [0.2, 0.25) is 0 Å². The van der Waals surface area contributed by atoms with Crippen molar-refractivity contribution in [1.29, 1.82) is 0 Å². The van der Waals surface area contributed by atoms with E-state index in [1.165, 1.54) is 11.3 Å². The lowest BCUT2D eigenvalue weighted by atomic mass is 10.5. The Morgan fingerprint density at radius 3 is 2.82 bits per heavy atom. The van der Waals surface area contributed by atoms with Crippen molar-refractivity contribution < 1.29 is 8.42 Å². The van der Waals surface area contributed by atoms with Crippen molar-refractivity contribution in [1.82, 2.24) is 19.9 Å². The predicted octanol–water partition coefficient (Wildman–Crippen LogP) is 0.0978. The average molecular weight is 291 g/mol. The maximum absolute atomic E-state index is 11.7. The highest BCUT2D eigenvalue weighted by atomic mass is 32.2. The van der Waals surface area contributed by atoms with Gasteiger partial charge in [0.1, 0.15) is 0 Å². The molecule has 0 aliphatic heterocycles. The van der Waals surface area contributed by atoms with Gasteiger partial charge in [-0.3, -0.25) is 0 Å². The molecule has 2 rings (SSSR count). The van der Waals surface area contributed by atoms with E-state index in [0.29, 0.717) is 6.42 Å². The highest BCUT2D eigenvalue weighted by molar-refractivity contribution is 7.91. The van der Waals surface area contributed by atoms with E-state index in [2.05, 4.69) is 19.9 Å². The van der Waals surface area contributed by atoms with Crippen LogP contribution in [-0.2, 0) is 16.4 Å². The second-order valence-electron chi connectivity index (χ2n) is 2.98. The molecule has 0 radical (unpaired) electrons. The van der Waals surface area contributed by atoms with Gasteiger partial charge >= 0.3 is 0 Å². The van der Waals surface area contributed by atoms with Crippen LogP contribution in [0.15, 0.2) is 15.9 Å². The molecule has 0 saturated heterocycles. The molecule has 10 heteroatoms. The van der Waals surface area contributed by atoms with E-state index < -0.39 is 10.0 Å². The fourth-order valence-corrected chi connectivity index (χ4v) is 3.54. The molecular weight excluding hydrogens is 282 g/mol. The molecule has 7 nitrogen and oxygen atoms in total. The first-order chi connectivity index (χ1) is 8.08. The van der Waals surface area contributed by atoms with Gasteiger partial charge in [0.25, 0.3) is 10.0 Å². The third-order valence-electron chi connectivity index (χ3n) is 1.77. The fourth-order valence-electron chi connectivity index (χ4n) is 1.06. The summed E-state index contributed by atoms with van der Waals surface area (Å²) in [6.07, 6.45) is 2.23. The van der Waals surface area contributed by atoms with E-state index in [4.69, 9.17) is 5.73 Å². The monoisotopic (exact) mass is 291 g/mol. The van der Waals surface area contributed by atoms with Crippen LogP contribution in [0.25, 0.3) is 0 Å². The first-order valence-electron chi connectivity index (χ1n) is 4.55. The van der Waals surface area contributed by atoms with Crippen LogP contribution in [-0.4, -0.2) is 30.1 Å². The summed E-state index contributed by atoms with van der Waals surface area (Å²) in [7, 11) is -3.60. The van der Waals surface area contributed by atoms with Crippen molar-refractivity contribution in [2.45, 2.75) is 10.8 Å². The number of nitrogen functional groups attached to an aromatic ring is 1. The summed E-state index contributed by atoms with van der Waals surface area (Å²) in [5, 5.41) is 9.79. The Bertz CT molecular complexity index is 576. The third-order valence-corrected chi connectivity index (χ3v) is 5.19. The molecule has 0 saturated carbocycles. The van der Waals surface area contributed by atoms with Crippen LogP contribution in [0.1, 0.15) is 5.01 Å². The van der Waals surface area contributed by atoms with Gasteiger partial charge in [0.05, 0.1) is 5.01 Å². The van der Waals surface area contributed by atoms with Crippen molar-refractivity contribution in [3.63, 3.8) is 0 Å². The third kappa shape index (κ3) is 3.19. The van der Waals surface area contributed by atoms with Gasteiger partial charge in [-0.05, 0) is 0 Å². The van der Waals surface area contributed by atoms with E-state index >= 15 is 0 Å². The summed E-state index contributed by atoms with van der Waals surface area (Å²) in [5.41, 5.74) is 5.33. The Morgan fingerprint density at radius 2 is 2.24 bits per heavy atom. The first kappa shape index (κ1) is 12.4. The van der Waals surface area contributed by atoms with Crippen molar-refractivity contribution in [3.05, 3.63) is 16.6 Å². The summed E-state index contributed by atoms with van der Waals surface area (Å²) < 4.78 is 25.7. The molecule has 0 aliphatic rings.